The monoisotopic (exact) mass is 267 g/mol. The van der Waals surface area contributed by atoms with Gasteiger partial charge < -0.3 is 5.32 Å². The topological polar surface area (TPSA) is 29.9 Å². The molecule has 0 radical (unpaired) electrons. The number of hydrogen-bond acceptors (Lipinski definition) is 2. The largest absolute Gasteiger partial charge is 0.319 e. The van der Waals surface area contributed by atoms with Gasteiger partial charge in [-0.1, -0.05) is 15.9 Å². The van der Waals surface area contributed by atoms with Gasteiger partial charge in [-0.25, -0.2) is 0 Å². The van der Waals surface area contributed by atoms with E-state index in [0.717, 1.165) is 23.0 Å². The maximum atomic E-state index is 4.48. The number of fused-ring (bicyclic) bond motifs is 1. The molecule has 2 rings (SSSR count). The summed E-state index contributed by atoms with van der Waals surface area (Å²) in [7, 11) is 3.97. The Kier molecular flexibility index (Phi) is 3.07. The Morgan fingerprint density at radius 3 is 3.00 bits per heavy atom. The van der Waals surface area contributed by atoms with E-state index in [1.807, 2.05) is 30.9 Å². The summed E-state index contributed by atoms with van der Waals surface area (Å²) in [5.74, 6) is 0. The van der Waals surface area contributed by atoms with Gasteiger partial charge in [0.2, 0.25) is 0 Å². The lowest BCUT2D eigenvalue weighted by molar-refractivity contribution is 0.688. The molecule has 0 bridgehead atoms. The molecule has 0 saturated heterocycles. The fourth-order valence-electron chi connectivity index (χ4n) is 1.76. The molecule has 3 nitrogen and oxygen atoms in total. The molecular formula is C11H14BrN3. The Balaban J connectivity index is 2.50. The van der Waals surface area contributed by atoms with Crippen LogP contribution < -0.4 is 5.32 Å². The van der Waals surface area contributed by atoms with Gasteiger partial charge in [-0.05, 0) is 25.2 Å². The van der Waals surface area contributed by atoms with Crippen LogP contribution in [0.15, 0.2) is 22.7 Å². The number of benzene rings is 1. The minimum atomic E-state index is 0.973. The Morgan fingerprint density at radius 2 is 2.27 bits per heavy atom. The van der Waals surface area contributed by atoms with Crippen molar-refractivity contribution < 1.29 is 0 Å². The molecule has 80 valence electrons. The summed E-state index contributed by atoms with van der Waals surface area (Å²) >= 11 is 3.49. The van der Waals surface area contributed by atoms with Gasteiger partial charge in [-0.2, -0.15) is 5.10 Å². The van der Waals surface area contributed by atoms with Crippen molar-refractivity contribution in [3.8, 4) is 0 Å². The first-order chi connectivity index (χ1) is 7.22. The molecule has 15 heavy (non-hydrogen) atoms. The predicted octanol–water partition coefficient (Wildman–Crippen LogP) is 2.10. The fraction of sp³-hybridized carbons (Fsp3) is 0.364. The molecule has 0 unspecified atom stereocenters. The molecule has 0 aliphatic heterocycles. The van der Waals surface area contributed by atoms with Gasteiger partial charge >= 0.3 is 0 Å². The average Bonchev–Trinajstić information content (AvgIpc) is 2.51. The van der Waals surface area contributed by atoms with Crippen LogP contribution in [0.3, 0.4) is 0 Å². The highest BCUT2D eigenvalue weighted by Gasteiger charge is 2.08. The lowest BCUT2D eigenvalue weighted by Crippen LogP contribution is -2.12. The van der Waals surface area contributed by atoms with E-state index < -0.39 is 0 Å². The zero-order valence-corrected chi connectivity index (χ0v) is 10.5. The second-order valence-corrected chi connectivity index (χ2v) is 4.50. The maximum absolute atomic E-state index is 4.48. The van der Waals surface area contributed by atoms with Crippen LogP contribution in [0, 0.1) is 0 Å². The molecule has 1 N–H and O–H groups in total. The molecule has 0 atom stereocenters. The summed E-state index contributed by atoms with van der Waals surface area (Å²) in [6.45, 7) is 0.973. The zero-order chi connectivity index (χ0) is 10.8. The van der Waals surface area contributed by atoms with Crippen LogP contribution in [-0.4, -0.2) is 23.4 Å². The number of nitrogens with one attached hydrogen (secondary N) is 1. The molecule has 4 heteroatoms. The lowest BCUT2D eigenvalue weighted by atomic mass is 10.1. The van der Waals surface area contributed by atoms with E-state index in [2.05, 4.69) is 32.4 Å². The smallest absolute Gasteiger partial charge is 0.0926 e. The molecule has 2 aromatic rings. The molecule has 0 spiro atoms. The van der Waals surface area contributed by atoms with Crippen LogP contribution in [0.4, 0.5) is 0 Å². The summed E-state index contributed by atoms with van der Waals surface area (Å²) in [4.78, 5) is 0. The minimum Gasteiger partial charge on any atom is -0.319 e. The summed E-state index contributed by atoms with van der Waals surface area (Å²) < 4.78 is 3.07. The quantitative estimate of drug-likeness (QED) is 0.923. The summed E-state index contributed by atoms with van der Waals surface area (Å²) in [6, 6.07) is 6.20. The van der Waals surface area contributed by atoms with E-state index in [1.54, 1.807) is 0 Å². The van der Waals surface area contributed by atoms with Crippen LogP contribution >= 0.6 is 15.9 Å². The average molecular weight is 268 g/mol. The first kappa shape index (κ1) is 10.6. The third-order valence-electron chi connectivity index (χ3n) is 2.53. The number of halogens is 1. The summed E-state index contributed by atoms with van der Waals surface area (Å²) in [5, 5.41) is 8.87. The Bertz CT molecular complexity index is 476. The van der Waals surface area contributed by atoms with Crippen molar-refractivity contribution in [2.45, 2.75) is 6.42 Å². The molecule has 0 aliphatic rings. The number of likely N-dealkylation sites (N-methyl/N-ethyl adjacent to an activating group) is 1. The standard InChI is InChI=1S/C11H14BrN3/c1-13-6-5-11-9-7-8(12)3-4-10(9)14-15(11)2/h3-4,7,13H,5-6H2,1-2H3. The number of aryl methyl sites for hydroxylation is 1. The van der Waals surface area contributed by atoms with E-state index in [0.29, 0.717) is 0 Å². The van der Waals surface area contributed by atoms with Crippen molar-refractivity contribution in [1.29, 1.82) is 0 Å². The number of nitrogens with zero attached hydrogens (tertiary/aromatic N) is 2. The molecule has 0 saturated carbocycles. The lowest BCUT2D eigenvalue weighted by Gasteiger charge is -2.01. The fourth-order valence-corrected chi connectivity index (χ4v) is 2.12. The molecule has 0 fully saturated rings. The van der Waals surface area contributed by atoms with Gasteiger partial charge in [0.05, 0.1) is 5.52 Å². The molecule has 1 aromatic carbocycles. The highest BCUT2D eigenvalue weighted by atomic mass is 79.9. The van der Waals surface area contributed by atoms with Crippen LogP contribution in [-0.2, 0) is 13.5 Å². The van der Waals surface area contributed by atoms with Crippen LogP contribution in [0.25, 0.3) is 10.9 Å². The van der Waals surface area contributed by atoms with Crippen molar-refractivity contribution in [2.24, 2.45) is 7.05 Å². The van der Waals surface area contributed by atoms with Crippen LogP contribution in [0.1, 0.15) is 5.69 Å². The van der Waals surface area contributed by atoms with E-state index in [1.165, 1.54) is 11.1 Å². The summed E-state index contributed by atoms with van der Waals surface area (Å²) in [5.41, 5.74) is 2.34. The molecule has 0 amide bonds. The Hall–Kier alpha value is -0.870. The van der Waals surface area contributed by atoms with E-state index >= 15 is 0 Å². The first-order valence-corrected chi connectivity index (χ1v) is 5.77. The third-order valence-corrected chi connectivity index (χ3v) is 3.02. The van der Waals surface area contributed by atoms with Crippen molar-refractivity contribution in [3.63, 3.8) is 0 Å². The third kappa shape index (κ3) is 2.06. The normalized spacial score (nSPS) is 11.1. The van der Waals surface area contributed by atoms with Crippen molar-refractivity contribution in [1.82, 2.24) is 15.1 Å². The second kappa shape index (κ2) is 4.33. The van der Waals surface area contributed by atoms with Gasteiger partial charge in [0.25, 0.3) is 0 Å². The first-order valence-electron chi connectivity index (χ1n) is 4.98. The van der Waals surface area contributed by atoms with E-state index in [4.69, 9.17) is 0 Å². The summed E-state index contributed by atoms with van der Waals surface area (Å²) in [6.07, 6.45) is 1.000. The second-order valence-electron chi connectivity index (χ2n) is 3.59. The van der Waals surface area contributed by atoms with Crippen molar-refractivity contribution in [2.75, 3.05) is 13.6 Å². The van der Waals surface area contributed by atoms with Gasteiger partial charge in [0.1, 0.15) is 0 Å². The molecule has 0 aliphatic carbocycles. The Labute approximate surface area is 97.6 Å². The number of aromatic nitrogens is 2. The molecule has 1 heterocycles. The van der Waals surface area contributed by atoms with Gasteiger partial charge in [0, 0.05) is 35.6 Å². The van der Waals surface area contributed by atoms with E-state index in [9.17, 15) is 0 Å². The molecule has 1 aromatic heterocycles. The number of rotatable bonds is 3. The highest BCUT2D eigenvalue weighted by Crippen LogP contribution is 2.22. The predicted molar refractivity (Wildman–Crippen MR) is 66.0 cm³/mol. The van der Waals surface area contributed by atoms with Crippen molar-refractivity contribution in [3.05, 3.63) is 28.4 Å². The SMILES string of the molecule is CNCCc1c2cc(Br)ccc2nn1C. The maximum Gasteiger partial charge on any atom is 0.0926 e. The minimum absolute atomic E-state index is 0.973. The van der Waals surface area contributed by atoms with Gasteiger partial charge in [-0.15, -0.1) is 0 Å². The number of hydrogen-bond donors (Lipinski definition) is 1. The zero-order valence-electron chi connectivity index (χ0n) is 8.92. The van der Waals surface area contributed by atoms with Crippen molar-refractivity contribution >= 4 is 26.8 Å². The van der Waals surface area contributed by atoms with Gasteiger partial charge in [-0.3, -0.25) is 4.68 Å². The van der Waals surface area contributed by atoms with Crippen LogP contribution in [0.2, 0.25) is 0 Å². The molecular weight excluding hydrogens is 254 g/mol. The highest BCUT2D eigenvalue weighted by molar-refractivity contribution is 9.10. The van der Waals surface area contributed by atoms with Gasteiger partial charge in [0.15, 0.2) is 0 Å². The van der Waals surface area contributed by atoms with E-state index in [-0.39, 0.29) is 0 Å². The van der Waals surface area contributed by atoms with Crippen LogP contribution in [0.5, 0.6) is 0 Å². The Morgan fingerprint density at radius 1 is 1.47 bits per heavy atom.